The van der Waals surface area contributed by atoms with Gasteiger partial charge in [-0.15, -0.1) is 0 Å². The molecule has 13 heteroatoms. The summed E-state index contributed by atoms with van der Waals surface area (Å²) in [5.41, 5.74) is 20.6. The second kappa shape index (κ2) is 14.6. The maximum absolute atomic E-state index is 9.99. The lowest BCUT2D eigenvalue weighted by atomic mass is 10.1. The lowest BCUT2D eigenvalue weighted by Gasteiger charge is -2.00. The summed E-state index contributed by atoms with van der Waals surface area (Å²) in [4.78, 5) is 39.5. The highest BCUT2D eigenvalue weighted by atomic mass is 16.4. The van der Waals surface area contributed by atoms with Crippen LogP contribution < -0.4 is 22.9 Å². The van der Waals surface area contributed by atoms with E-state index < -0.39 is 42.3 Å². The number of phenolic OH excluding ortho intramolecular Hbond substituents is 2. The number of hydrogen-bond acceptors (Lipinski definition) is 9. The number of benzene rings is 1. The average molecular weight is 418 g/mol. The zero-order valence-corrected chi connectivity index (χ0v) is 15.4. The van der Waals surface area contributed by atoms with E-state index in [1.807, 2.05) is 0 Å². The predicted octanol–water partition coefficient (Wildman–Crippen LogP) is -2.25. The van der Waals surface area contributed by atoms with E-state index in [9.17, 15) is 19.2 Å². The van der Waals surface area contributed by atoms with Crippen molar-refractivity contribution in [1.82, 2.24) is 0 Å². The van der Waals surface area contributed by atoms with E-state index in [0.29, 0.717) is 13.0 Å². The predicted molar refractivity (Wildman–Crippen MR) is 99.8 cm³/mol. The zero-order chi connectivity index (χ0) is 23.1. The Morgan fingerprint density at radius 1 is 0.862 bits per heavy atom. The Balaban J connectivity index is 0. The minimum atomic E-state index is -1.29. The van der Waals surface area contributed by atoms with Crippen LogP contribution in [-0.4, -0.2) is 68.0 Å². The first kappa shape index (κ1) is 27.8. The van der Waals surface area contributed by atoms with Crippen LogP contribution in [0.5, 0.6) is 11.5 Å². The quantitative estimate of drug-likeness (QED) is 0.202. The SMILES string of the molecule is NC(=O)CC(N)C(=O)O.NC(CC(=O)O)C(=O)O.NCCc1ccc(O)c(O)c1. The Morgan fingerprint density at radius 3 is 1.62 bits per heavy atom. The van der Waals surface area contributed by atoms with Gasteiger partial charge >= 0.3 is 17.9 Å². The van der Waals surface area contributed by atoms with Gasteiger partial charge in [-0.1, -0.05) is 6.07 Å². The summed E-state index contributed by atoms with van der Waals surface area (Å²) < 4.78 is 0. The molecule has 13 nitrogen and oxygen atoms in total. The summed E-state index contributed by atoms with van der Waals surface area (Å²) in [7, 11) is 0. The fraction of sp³-hybridized carbons (Fsp3) is 0.375. The maximum atomic E-state index is 9.99. The Bertz CT molecular complexity index is 665. The Labute approximate surface area is 165 Å². The van der Waals surface area contributed by atoms with E-state index in [1.54, 1.807) is 6.07 Å². The molecule has 0 spiro atoms. The molecule has 29 heavy (non-hydrogen) atoms. The van der Waals surface area contributed by atoms with E-state index in [1.165, 1.54) is 12.1 Å². The molecule has 0 aliphatic rings. The normalized spacial score (nSPS) is 11.6. The van der Waals surface area contributed by atoms with Crippen molar-refractivity contribution < 1.29 is 44.7 Å². The second-order valence-electron chi connectivity index (χ2n) is 5.52. The first-order valence-corrected chi connectivity index (χ1v) is 7.99. The summed E-state index contributed by atoms with van der Waals surface area (Å²) >= 11 is 0. The van der Waals surface area contributed by atoms with Crippen LogP contribution in [0.25, 0.3) is 0 Å². The lowest BCUT2D eigenvalue weighted by molar-refractivity contribution is -0.144. The third kappa shape index (κ3) is 15.3. The van der Waals surface area contributed by atoms with Crippen molar-refractivity contribution in [3.8, 4) is 11.5 Å². The molecule has 1 aromatic rings. The Morgan fingerprint density at radius 2 is 1.34 bits per heavy atom. The molecule has 0 saturated carbocycles. The summed E-state index contributed by atoms with van der Waals surface area (Å²) in [5.74, 6) is -4.59. The number of amides is 1. The Kier molecular flexibility index (Phi) is 14.0. The number of aliphatic carboxylic acids is 3. The van der Waals surface area contributed by atoms with Gasteiger partial charge in [0.1, 0.15) is 12.1 Å². The van der Waals surface area contributed by atoms with Crippen LogP contribution in [0.15, 0.2) is 18.2 Å². The zero-order valence-electron chi connectivity index (χ0n) is 15.4. The number of carboxylic acids is 3. The number of nitrogens with two attached hydrogens (primary N) is 4. The number of aromatic hydroxyl groups is 2. The molecule has 0 aliphatic heterocycles. The molecule has 1 amide bonds. The molecule has 0 radical (unpaired) electrons. The smallest absolute Gasteiger partial charge is 0.321 e. The molecule has 0 aliphatic carbocycles. The van der Waals surface area contributed by atoms with Crippen LogP contribution in [-0.2, 0) is 25.6 Å². The third-order valence-corrected chi connectivity index (χ3v) is 2.92. The van der Waals surface area contributed by atoms with Gasteiger partial charge in [-0.3, -0.25) is 19.2 Å². The van der Waals surface area contributed by atoms with Crippen LogP contribution in [0.1, 0.15) is 18.4 Å². The van der Waals surface area contributed by atoms with Gasteiger partial charge in [-0.05, 0) is 30.7 Å². The monoisotopic (exact) mass is 418 g/mol. The fourth-order valence-electron chi connectivity index (χ4n) is 1.47. The van der Waals surface area contributed by atoms with Crippen LogP contribution in [0.2, 0.25) is 0 Å². The number of carbonyl (C=O) groups is 4. The van der Waals surface area contributed by atoms with Crippen molar-refractivity contribution in [2.75, 3.05) is 6.54 Å². The molecule has 0 fully saturated rings. The molecular weight excluding hydrogens is 392 g/mol. The van der Waals surface area contributed by atoms with E-state index in [2.05, 4.69) is 5.73 Å². The van der Waals surface area contributed by atoms with Gasteiger partial charge in [0.2, 0.25) is 5.91 Å². The number of phenols is 2. The summed E-state index contributed by atoms with van der Waals surface area (Å²) in [6.07, 6.45) is -0.126. The average Bonchev–Trinajstić information content (AvgIpc) is 2.58. The largest absolute Gasteiger partial charge is 0.504 e. The van der Waals surface area contributed by atoms with E-state index in [0.717, 1.165) is 5.56 Å². The van der Waals surface area contributed by atoms with Crippen LogP contribution in [0.4, 0.5) is 0 Å². The Hall–Kier alpha value is -3.42. The van der Waals surface area contributed by atoms with E-state index in [4.69, 9.17) is 42.7 Å². The molecule has 13 N–H and O–H groups in total. The number of primary amides is 1. The fourth-order valence-corrected chi connectivity index (χ4v) is 1.47. The molecule has 0 heterocycles. The van der Waals surface area contributed by atoms with Gasteiger partial charge in [-0.25, -0.2) is 0 Å². The molecule has 2 unspecified atom stereocenters. The van der Waals surface area contributed by atoms with Gasteiger partial charge in [0, 0.05) is 0 Å². The van der Waals surface area contributed by atoms with Gasteiger partial charge in [0.05, 0.1) is 12.8 Å². The third-order valence-electron chi connectivity index (χ3n) is 2.92. The molecule has 164 valence electrons. The van der Waals surface area contributed by atoms with Crippen molar-refractivity contribution in [2.24, 2.45) is 22.9 Å². The molecule has 0 bridgehead atoms. The molecule has 0 aromatic heterocycles. The second-order valence-corrected chi connectivity index (χ2v) is 5.52. The number of rotatable bonds is 8. The van der Waals surface area contributed by atoms with Crippen molar-refractivity contribution in [3.63, 3.8) is 0 Å². The number of carboxylic acid groups (broad SMARTS) is 3. The topological polar surface area (TPSA) is 274 Å². The van der Waals surface area contributed by atoms with Crippen LogP contribution >= 0.6 is 0 Å². The first-order chi connectivity index (χ1) is 13.3. The van der Waals surface area contributed by atoms with Crippen molar-refractivity contribution in [1.29, 1.82) is 0 Å². The minimum absolute atomic E-state index is 0.0871. The van der Waals surface area contributed by atoms with E-state index in [-0.39, 0.29) is 17.9 Å². The maximum Gasteiger partial charge on any atom is 0.321 e. The van der Waals surface area contributed by atoms with Crippen molar-refractivity contribution >= 4 is 23.8 Å². The van der Waals surface area contributed by atoms with Gasteiger partial charge in [-0.2, -0.15) is 0 Å². The van der Waals surface area contributed by atoms with Gasteiger partial charge < -0.3 is 48.5 Å². The van der Waals surface area contributed by atoms with Gasteiger partial charge in [0.15, 0.2) is 11.5 Å². The molecular formula is C16H26N4O9. The van der Waals surface area contributed by atoms with Crippen molar-refractivity contribution in [2.45, 2.75) is 31.3 Å². The molecule has 2 atom stereocenters. The summed E-state index contributed by atoms with van der Waals surface area (Å²) in [6.45, 7) is 0.546. The summed E-state index contributed by atoms with van der Waals surface area (Å²) in [5, 5.41) is 42.1. The standard InChI is InChI=1S/C8H11NO2.C4H8N2O3.C4H7NO4/c9-4-3-6-1-2-7(10)8(11)5-6;2*5-2(4(8)9)1-3(6)7/h1-2,5,10-11H,3-4,9H2;2H,1,5H2,(H2,6,7)(H,8,9);2H,1,5H2,(H,6,7)(H,8,9). The highest BCUT2D eigenvalue weighted by molar-refractivity contribution is 5.83. The van der Waals surface area contributed by atoms with Gasteiger partial charge in [0.25, 0.3) is 0 Å². The highest BCUT2D eigenvalue weighted by Crippen LogP contribution is 2.24. The molecule has 1 rings (SSSR count). The van der Waals surface area contributed by atoms with Crippen molar-refractivity contribution in [3.05, 3.63) is 23.8 Å². The number of carbonyl (C=O) groups excluding carboxylic acids is 1. The molecule has 1 aromatic carbocycles. The van der Waals surface area contributed by atoms with Crippen LogP contribution in [0.3, 0.4) is 0 Å². The highest BCUT2D eigenvalue weighted by Gasteiger charge is 2.14. The summed E-state index contributed by atoms with van der Waals surface area (Å²) in [6, 6.07) is 2.26. The minimum Gasteiger partial charge on any atom is -0.504 e. The molecule has 0 saturated heterocycles. The first-order valence-electron chi connectivity index (χ1n) is 7.99. The lowest BCUT2D eigenvalue weighted by Crippen LogP contribution is -2.34. The van der Waals surface area contributed by atoms with E-state index >= 15 is 0 Å². The number of hydrogen-bond donors (Lipinski definition) is 9. The van der Waals surface area contributed by atoms with Crippen LogP contribution in [0, 0.1) is 0 Å².